The van der Waals surface area contributed by atoms with Gasteiger partial charge in [-0.1, -0.05) is 12.1 Å². The Morgan fingerprint density at radius 3 is 2.44 bits per heavy atom. The summed E-state index contributed by atoms with van der Waals surface area (Å²) >= 11 is 0. The van der Waals surface area contributed by atoms with Crippen molar-refractivity contribution in [2.24, 2.45) is 5.73 Å². The van der Waals surface area contributed by atoms with Crippen LogP contribution < -0.4 is 10.5 Å². The SMILES string of the molecule is CC(N)C(O)c1cccc(OC(F)(F)C(F)F)c1. The van der Waals surface area contributed by atoms with Crippen molar-refractivity contribution in [1.82, 2.24) is 0 Å². The monoisotopic (exact) mass is 267 g/mol. The van der Waals surface area contributed by atoms with E-state index in [1.54, 1.807) is 0 Å². The molecule has 0 spiro atoms. The second-order valence-electron chi connectivity index (χ2n) is 3.84. The Kier molecular flexibility index (Phi) is 4.53. The number of hydrogen-bond acceptors (Lipinski definition) is 3. The molecule has 0 aromatic heterocycles. The zero-order chi connectivity index (χ0) is 13.9. The van der Waals surface area contributed by atoms with Gasteiger partial charge in [-0.3, -0.25) is 0 Å². The van der Waals surface area contributed by atoms with E-state index in [1.165, 1.54) is 19.1 Å². The van der Waals surface area contributed by atoms with Gasteiger partial charge < -0.3 is 15.6 Å². The summed E-state index contributed by atoms with van der Waals surface area (Å²) < 4.78 is 53.1. The van der Waals surface area contributed by atoms with E-state index in [4.69, 9.17) is 5.73 Å². The standard InChI is InChI=1S/C11H13F4NO2/c1-6(16)9(17)7-3-2-4-8(5-7)18-11(14,15)10(12)13/h2-6,9-10,17H,16H2,1H3. The molecule has 0 saturated carbocycles. The minimum atomic E-state index is -4.57. The van der Waals surface area contributed by atoms with Crippen molar-refractivity contribution >= 4 is 0 Å². The van der Waals surface area contributed by atoms with Gasteiger partial charge in [0.25, 0.3) is 0 Å². The summed E-state index contributed by atoms with van der Waals surface area (Å²) in [6.45, 7) is 1.52. The van der Waals surface area contributed by atoms with Gasteiger partial charge in [-0.15, -0.1) is 0 Å². The molecule has 2 unspecified atom stereocenters. The Labute approximate surface area is 101 Å². The van der Waals surface area contributed by atoms with E-state index in [0.717, 1.165) is 12.1 Å². The van der Waals surface area contributed by atoms with Crippen LogP contribution in [0.3, 0.4) is 0 Å². The summed E-state index contributed by atoms with van der Waals surface area (Å²) in [5.74, 6) is -0.461. The van der Waals surface area contributed by atoms with Crippen LogP contribution in [0.4, 0.5) is 17.6 Å². The molecule has 0 radical (unpaired) electrons. The van der Waals surface area contributed by atoms with Crippen LogP contribution in [0.1, 0.15) is 18.6 Å². The molecule has 0 aliphatic rings. The van der Waals surface area contributed by atoms with Crippen LogP contribution in [0.2, 0.25) is 0 Å². The van der Waals surface area contributed by atoms with Crippen molar-refractivity contribution in [3.63, 3.8) is 0 Å². The Morgan fingerprint density at radius 1 is 1.33 bits per heavy atom. The van der Waals surface area contributed by atoms with Gasteiger partial charge in [-0.05, 0) is 24.6 Å². The highest BCUT2D eigenvalue weighted by Crippen LogP contribution is 2.29. The Hall–Kier alpha value is -1.34. The third kappa shape index (κ3) is 3.58. The molecule has 0 aliphatic carbocycles. The molecule has 18 heavy (non-hydrogen) atoms. The van der Waals surface area contributed by atoms with Gasteiger partial charge in [0.05, 0.1) is 6.10 Å². The molecule has 3 N–H and O–H groups in total. The van der Waals surface area contributed by atoms with E-state index >= 15 is 0 Å². The second-order valence-corrected chi connectivity index (χ2v) is 3.84. The lowest BCUT2D eigenvalue weighted by Crippen LogP contribution is -2.33. The molecular weight excluding hydrogens is 254 g/mol. The Morgan fingerprint density at radius 2 is 1.94 bits per heavy atom. The van der Waals surface area contributed by atoms with E-state index in [0.29, 0.717) is 0 Å². The maximum Gasteiger partial charge on any atom is 0.461 e. The summed E-state index contributed by atoms with van der Waals surface area (Å²) in [4.78, 5) is 0. The van der Waals surface area contributed by atoms with Crippen molar-refractivity contribution < 1.29 is 27.4 Å². The predicted octanol–water partition coefficient (Wildman–Crippen LogP) is 2.30. The summed E-state index contributed by atoms with van der Waals surface area (Å²) in [6, 6.07) is 4.24. The molecule has 1 rings (SSSR count). The minimum absolute atomic E-state index is 0.215. The van der Waals surface area contributed by atoms with Crippen molar-refractivity contribution in [3.05, 3.63) is 29.8 Å². The van der Waals surface area contributed by atoms with Crippen LogP contribution in [-0.4, -0.2) is 23.7 Å². The van der Waals surface area contributed by atoms with Crippen molar-refractivity contribution in [3.8, 4) is 5.75 Å². The average molecular weight is 267 g/mol. The zero-order valence-corrected chi connectivity index (χ0v) is 9.49. The number of ether oxygens (including phenoxy) is 1. The van der Waals surface area contributed by atoms with Crippen molar-refractivity contribution in [2.45, 2.75) is 31.6 Å². The average Bonchev–Trinajstić information content (AvgIpc) is 2.27. The Balaban J connectivity index is 2.89. The second kappa shape index (κ2) is 5.53. The molecule has 0 fully saturated rings. The van der Waals surface area contributed by atoms with E-state index < -0.39 is 30.4 Å². The normalized spacial score (nSPS) is 15.6. The zero-order valence-electron chi connectivity index (χ0n) is 9.49. The van der Waals surface area contributed by atoms with Gasteiger partial charge in [0.2, 0.25) is 0 Å². The molecule has 0 aliphatic heterocycles. The fourth-order valence-electron chi connectivity index (χ4n) is 1.27. The molecule has 3 nitrogen and oxygen atoms in total. The first-order valence-electron chi connectivity index (χ1n) is 5.12. The lowest BCUT2D eigenvalue weighted by atomic mass is 10.0. The van der Waals surface area contributed by atoms with Gasteiger partial charge >= 0.3 is 12.5 Å². The molecule has 7 heteroatoms. The summed E-state index contributed by atoms with van der Waals surface area (Å²) in [5, 5.41) is 9.61. The fraction of sp³-hybridized carbons (Fsp3) is 0.455. The van der Waals surface area contributed by atoms with Crippen molar-refractivity contribution in [2.75, 3.05) is 0 Å². The summed E-state index contributed by atoms with van der Waals surface area (Å²) in [7, 11) is 0. The third-order valence-electron chi connectivity index (χ3n) is 2.21. The molecule has 102 valence electrons. The van der Waals surface area contributed by atoms with Crippen LogP contribution in [0.25, 0.3) is 0 Å². The summed E-state index contributed by atoms with van der Waals surface area (Å²) in [6.07, 6.45) is -9.59. The van der Waals surface area contributed by atoms with Crippen LogP contribution in [0.5, 0.6) is 5.75 Å². The maximum atomic E-state index is 12.7. The first kappa shape index (κ1) is 14.7. The van der Waals surface area contributed by atoms with Gasteiger partial charge in [0, 0.05) is 6.04 Å². The first-order valence-corrected chi connectivity index (χ1v) is 5.12. The number of benzene rings is 1. The highest BCUT2D eigenvalue weighted by molar-refractivity contribution is 5.30. The maximum absolute atomic E-state index is 12.7. The molecule has 2 atom stereocenters. The molecule has 1 aromatic carbocycles. The molecule has 1 aromatic rings. The van der Waals surface area contributed by atoms with Gasteiger partial charge in [0.15, 0.2) is 0 Å². The van der Waals surface area contributed by atoms with Gasteiger partial charge in [-0.2, -0.15) is 17.6 Å². The fourth-order valence-corrected chi connectivity index (χ4v) is 1.27. The molecule has 0 amide bonds. The number of alkyl halides is 4. The quantitative estimate of drug-likeness (QED) is 0.805. The number of halogens is 4. The Bertz CT molecular complexity index is 398. The molecule has 0 bridgehead atoms. The van der Waals surface area contributed by atoms with E-state index in [-0.39, 0.29) is 5.56 Å². The number of hydrogen-bond donors (Lipinski definition) is 2. The lowest BCUT2D eigenvalue weighted by Gasteiger charge is -2.19. The minimum Gasteiger partial charge on any atom is -0.428 e. The largest absolute Gasteiger partial charge is 0.461 e. The highest BCUT2D eigenvalue weighted by atomic mass is 19.3. The smallest absolute Gasteiger partial charge is 0.428 e. The summed E-state index contributed by atoms with van der Waals surface area (Å²) in [5.41, 5.74) is 5.65. The van der Waals surface area contributed by atoms with Crippen LogP contribution in [-0.2, 0) is 0 Å². The third-order valence-corrected chi connectivity index (χ3v) is 2.21. The van der Waals surface area contributed by atoms with Gasteiger partial charge in [-0.25, -0.2) is 0 Å². The van der Waals surface area contributed by atoms with Crippen LogP contribution in [0, 0.1) is 0 Å². The first-order chi connectivity index (χ1) is 8.24. The number of aliphatic hydroxyl groups excluding tert-OH is 1. The van der Waals surface area contributed by atoms with Crippen LogP contribution >= 0.6 is 0 Å². The van der Waals surface area contributed by atoms with E-state index in [1.807, 2.05) is 0 Å². The highest BCUT2D eigenvalue weighted by Gasteiger charge is 2.44. The van der Waals surface area contributed by atoms with Crippen molar-refractivity contribution in [1.29, 1.82) is 0 Å². The number of rotatable bonds is 5. The topological polar surface area (TPSA) is 55.5 Å². The lowest BCUT2D eigenvalue weighted by molar-refractivity contribution is -0.253. The van der Waals surface area contributed by atoms with Gasteiger partial charge in [0.1, 0.15) is 5.75 Å². The molecule has 0 saturated heterocycles. The molecular formula is C11H13F4NO2. The van der Waals surface area contributed by atoms with Crippen LogP contribution in [0.15, 0.2) is 24.3 Å². The van der Waals surface area contributed by atoms with E-state index in [9.17, 15) is 22.7 Å². The molecule has 0 heterocycles. The number of aliphatic hydroxyl groups is 1. The van der Waals surface area contributed by atoms with E-state index in [2.05, 4.69) is 4.74 Å². The predicted molar refractivity (Wildman–Crippen MR) is 56.6 cm³/mol. The number of nitrogens with two attached hydrogens (primary N) is 1.